The maximum atomic E-state index is 12.5. The number of ether oxygens (including phenoxy) is 1. The van der Waals surface area contributed by atoms with Crippen molar-refractivity contribution in [2.24, 2.45) is 0 Å². The Labute approximate surface area is 153 Å². The van der Waals surface area contributed by atoms with Crippen LogP contribution in [0.25, 0.3) is 0 Å². The standard InChI is InChI=1S/C17H21N2O4PS/c1-3-21-24(20,22-4-2)19-17(25)18-15-12-8-9-13-16(15)23-14-10-6-5-7-11-14/h5-13H,3-4H2,1-2H3,(H2,18,19,20,25). The Bertz CT molecular complexity index is 732. The number of nitrogens with one attached hydrogen (secondary N) is 2. The van der Waals surface area contributed by atoms with Gasteiger partial charge in [-0.1, -0.05) is 30.3 Å². The van der Waals surface area contributed by atoms with Gasteiger partial charge in [0.05, 0.1) is 18.9 Å². The molecule has 0 spiro atoms. The molecule has 25 heavy (non-hydrogen) atoms. The molecule has 0 aliphatic rings. The molecule has 2 aromatic rings. The topological polar surface area (TPSA) is 68.8 Å². The van der Waals surface area contributed by atoms with Crippen molar-refractivity contribution in [3.63, 3.8) is 0 Å². The molecule has 0 saturated heterocycles. The van der Waals surface area contributed by atoms with Crippen LogP contribution in [-0.4, -0.2) is 18.3 Å². The highest BCUT2D eigenvalue weighted by atomic mass is 32.1. The zero-order chi connectivity index (χ0) is 18.1. The lowest BCUT2D eigenvalue weighted by Gasteiger charge is -2.20. The minimum absolute atomic E-state index is 0.120. The molecule has 0 bridgehead atoms. The zero-order valence-electron chi connectivity index (χ0n) is 14.1. The summed E-state index contributed by atoms with van der Waals surface area (Å²) >= 11 is 5.23. The molecule has 8 heteroatoms. The van der Waals surface area contributed by atoms with Crippen LogP contribution in [-0.2, 0) is 13.6 Å². The molecule has 0 heterocycles. The summed E-state index contributed by atoms with van der Waals surface area (Å²) in [5, 5.41) is 5.70. The molecular formula is C17H21N2O4PS. The molecule has 0 amide bonds. The van der Waals surface area contributed by atoms with Crippen LogP contribution < -0.4 is 15.1 Å². The van der Waals surface area contributed by atoms with Crippen molar-refractivity contribution in [1.29, 1.82) is 0 Å². The van der Waals surface area contributed by atoms with Gasteiger partial charge in [-0.2, -0.15) is 0 Å². The summed E-state index contributed by atoms with van der Waals surface area (Å²) in [5.41, 5.74) is 0.628. The van der Waals surface area contributed by atoms with E-state index in [4.69, 9.17) is 26.0 Å². The van der Waals surface area contributed by atoms with Crippen LogP contribution in [0.1, 0.15) is 13.8 Å². The normalized spacial score (nSPS) is 11.0. The molecule has 2 N–H and O–H groups in total. The predicted octanol–water partition coefficient (Wildman–Crippen LogP) is 4.95. The van der Waals surface area contributed by atoms with Crippen molar-refractivity contribution in [3.8, 4) is 11.5 Å². The summed E-state index contributed by atoms with van der Waals surface area (Å²) < 4.78 is 28.7. The third kappa shape index (κ3) is 6.14. The SMILES string of the molecule is CCOP(=O)(NC(=S)Nc1ccccc1Oc1ccccc1)OCC. The minimum Gasteiger partial charge on any atom is -0.455 e. The molecule has 0 radical (unpaired) electrons. The molecule has 0 aromatic heterocycles. The summed E-state index contributed by atoms with van der Waals surface area (Å²) in [6.07, 6.45) is 0. The molecule has 134 valence electrons. The van der Waals surface area contributed by atoms with Crippen molar-refractivity contribution in [3.05, 3.63) is 54.6 Å². The van der Waals surface area contributed by atoms with Crippen LogP contribution in [0.2, 0.25) is 0 Å². The van der Waals surface area contributed by atoms with E-state index in [2.05, 4.69) is 10.4 Å². The van der Waals surface area contributed by atoms with E-state index >= 15 is 0 Å². The maximum Gasteiger partial charge on any atom is 0.434 e. The first-order valence-electron chi connectivity index (χ1n) is 7.86. The van der Waals surface area contributed by atoms with Gasteiger partial charge >= 0.3 is 7.75 Å². The van der Waals surface area contributed by atoms with Gasteiger partial charge in [-0.25, -0.2) is 4.57 Å². The number of hydrogen-bond acceptors (Lipinski definition) is 5. The first kappa shape index (κ1) is 19.4. The van der Waals surface area contributed by atoms with Crippen LogP contribution in [0.3, 0.4) is 0 Å². The van der Waals surface area contributed by atoms with Crippen molar-refractivity contribution in [2.45, 2.75) is 13.8 Å². The smallest absolute Gasteiger partial charge is 0.434 e. The highest BCUT2D eigenvalue weighted by molar-refractivity contribution is 7.81. The van der Waals surface area contributed by atoms with Gasteiger partial charge in [-0.05, 0) is 50.3 Å². The summed E-state index contributed by atoms with van der Waals surface area (Å²) in [7, 11) is -3.49. The largest absolute Gasteiger partial charge is 0.455 e. The van der Waals surface area contributed by atoms with Gasteiger partial charge in [-0.15, -0.1) is 0 Å². The second kappa shape index (κ2) is 9.53. The van der Waals surface area contributed by atoms with E-state index in [1.165, 1.54) is 0 Å². The average molecular weight is 380 g/mol. The van der Waals surface area contributed by atoms with Gasteiger partial charge in [0.1, 0.15) is 5.75 Å². The van der Waals surface area contributed by atoms with E-state index in [0.29, 0.717) is 17.2 Å². The molecule has 0 atom stereocenters. The lowest BCUT2D eigenvalue weighted by Crippen LogP contribution is -2.27. The number of anilines is 1. The Morgan fingerprint density at radius 1 is 1.00 bits per heavy atom. The number of para-hydroxylation sites is 3. The third-order valence-corrected chi connectivity index (χ3v) is 4.99. The molecule has 6 nitrogen and oxygen atoms in total. The van der Waals surface area contributed by atoms with Crippen LogP contribution >= 0.6 is 20.0 Å². The first-order chi connectivity index (χ1) is 12.1. The average Bonchev–Trinajstić information content (AvgIpc) is 2.57. The Morgan fingerprint density at radius 3 is 2.24 bits per heavy atom. The van der Waals surface area contributed by atoms with E-state index in [-0.39, 0.29) is 18.3 Å². The van der Waals surface area contributed by atoms with Crippen molar-refractivity contribution < 1.29 is 18.3 Å². The van der Waals surface area contributed by atoms with Crippen LogP contribution in [0.5, 0.6) is 11.5 Å². The zero-order valence-corrected chi connectivity index (χ0v) is 15.8. The molecule has 0 unspecified atom stereocenters. The maximum absolute atomic E-state index is 12.5. The molecule has 2 rings (SSSR count). The van der Waals surface area contributed by atoms with Gasteiger partial charge in [0.2, 0.25) is 0 Å². The summed E-state index contributed by atoms with van der Waals surface area (Å²) in [6, 6.07) is 16.7. The minimum atomic E-state index is -3.49. The van der Waals surface area contributed by atoms with Crippen LogP contribution in [0.15, 0.2) is 54.6 Å². The predicted molar refractivity (Wildman–Crippen MR) is 103 cm³/mol. The fourth-order valence-corrected chi connectivity index (χ4v) is 3.62. The Kier molecular flexibility index (Phi) is 7.40. The fourth-order valence-electron chi connectivity index (χ4n) is 1.99. The lowest BCUT2D eigenvalue weighted by molar-refractivity contribution is 0.216. The van der Waals surface area contributed by atoms with E-state index in [0.717, 1.165) is 0 Å². The van der Waals surface area contributed by atoms with Gasteiger partial charge < -0.3 is 10.1 Å². The Balaban J connectivity index is 2.09. The molecule has 0 saturated carbocycles. The van der Waals surface area contributed by atoms with E-state index in [1.807, 2.05) is 48.5 Å². The highest BCUT2D eigenvalue weighted by Gasteiger charge is 2.25. The van der Waals surface area contributed by atoms with Gasteiger partial charge in [-0.3, -0.25) is 14.1 Å². The number of hydrogen-bond donors (Lipinski definition) is 2. The summed E-state index contributed by atoms with van der Waals surface area (Å²) in [5.74, 6) is 1.28. The van der Waals surface area contributed by atoms with Crippen LogP contribution in [0.4, 0.5) is 5.69 Å². The fraction of sp³-hybridized carbons (Fsp3) is 0.235. The summed E-state index contributed by atoms with van der Waals surface area (Å²) in [6.45, 7) is 3.93. The molecule has 2 aromatic carbocycles. The highest BCUT2D eigenvalue weighted by Crippen LogP contribution is 2.43. The Hall–Kier alpha value is -1.92. The molecule has 0 aliphatic heterocycles. The third-order valence-electron chi connectivity index (χ3n) is 2.94. The lowest BCUT2D eigenvalue weighted by atomic mass is 10.3. The van der Waals surface area contributed by atoms with Gasteiger partial charge in [0, 0.05) is 0 Å². The number of rotatable bonds is 8. The van der Waals surface area contributed by atoms with E-state index < -0.39 is 7.75 Å². The van der Waals surface area contributed by atoms with Gasteiger partial charge in [0.15, 0.2) is 10.9 Å². The molecular weight excluding hydrogens is 359 g/mol. The van der Waals surface area contributed by atoms with E-state index in [1.54, 1.807) is 19.9 Å². The Morgan fingerprint density at radius 2 is 1.60 bits per heavy atom. The van der Waals surface area contributed by atoms with Crippen molar-refractivity contribution >= 4 is 30.8 Å². The second-order valence-corrected chi connectivity index (χ2v) is 6.95. The molecule has 0 aliphatic carbocycles. The quantitative estimate of drug-likeness (QED) is 0.496. The summed E-state index contributed by atoms with van der Waals surface area (Å²) in [4.78, 5) is 0. The monoisotopic (exact) mass is 380 g/mol. The molecule has 0 fully saturated rings. The van der Waals surface area contributed by atoms with E-state index in [9.17, 15) is 4.57 Å². The van der Waals surface area contributed by atoms with Gasteiger partial charge in [0.25, 0.3) is 0 Å². The first-order valence-corrected chi connectivity index (χ1v) is 9.81. The number of thiocarbonyl (C=S) groups is 1. The van der Waals surface area contributed by atoms with Crippen molar-refractivity contribution in [1.82, 2.24) is 5.09 Å². The van der Waals surface area contributed by atoms with Crippen LogP contribution in [0, 0.1) is 0 Å². The second-order valence-electron chi connectivity index (χ2n) is 4.81. The van der Waals surface area contributed by atoms with Crippen molar-refractivity contribution in [2.75, 3.05) is 18.5 Å². The number of benzene rings is 2.